The Morgan fingerprint density at radius 1 is 0.903 bits per heavy atom. The van der Waals surface area contributed by atoms with Crippen LogP contribution in [0.25, 0.3) is 11.3 Å². The first-order chi connectivity index (χ1) is 15.3. The second-order valence-corrected chi connectivity index (χ2v) is 9.00. The van der Waals surface area contributed by atoms with Gasteiger partial charge in [-0.05, 0) is 47.9 Å². The van der Waals surface area contributed by atoms with E-state index < -0.39 is 0 Å². The highest BCUT2D eigenvalue weighted by Crippen LogP contribution is 2.46. The number of aliphatic hydroxyl groups excluding tert-OH is 1. The molecule has 2 heterocycles. The van der Waals surface area contributed by atoms with Crippen LogP contribution in [-0.2, 0) is 0 Å². The van der Waals surface area contributed by atoms with Gasteiger partial charge in [-0.2, -0.15) is 0 Å². The van der Waals surface area contributed by atoms with Crippen molar-refractivity contribution in [2.24, 2.45) is 0 Å². The van der Waals surface area contributed by atoms with Crippen LogP contribution in [0.4, 0.5) is 11.4 Å². The summed E-state index contributed by atoms with van der Waals surface area (Å²) in [5.41, 5.74) is 7.39. The minimum absolute atomic E-state index is 0.198. The van der Waals surface area contributed by atoms with Gasteiger partial charge in [0.25, 0.3) is 0 Å². The second kappa shape index (κ2) is 8.66. The van der Waals surface area contributed by atoms with Crippen LogP contribution in [0.1, 0.15) is 17.5 Å². The fourth-order valence-corrected chi connectivity index (χ4v) is 5.66. The first-order valence-corrected chi connectivity index (χ1v) is 11.6. The molecule has 3 aromatic carbocycles. The van der Waals surface area contributed by atoms with E-state index in [9.17, 15) is 5.11 Å². The molecule has 3 nitrogen and oxygen atoms in total. The Kier molecular flexibility index (Phi) is 5.58. The molecule has 5 rings (SSSR count). The van der Waals surface area contributed by atoms with Gasteiger partial charge in [-0.15, -0.1) is 0 Å². The van der Waals surface area contributed by atoms with Gasteiger partial charge < -0.3 is 14.9 Å². The lowest BCUT2D eigenvalue weighted by Gasteiger charge is -2.32. The molecule has 0 fully saturated rings. The summed E-state index contributed by atoms with van der Waals surface area (Å²) in [5.74, 6) is 0. The van der Waals surface area contributed by atoms with Gasteiger partial charge in [0.1, 0.15) is 0 Å². The van der Waals surface area contributed by atoms with Gasteiger partial charge in [-0.1, -0.05) is 72.4 Å². The summed E-state index contributed by atoms with van der Waals surface area (Å²) >= 11 is 1.89. The Morgan fingerprint density at radius 2 is 1.61 bits per heavy atom. The van der Waals surface area contributed by atoms with Crippen LogP contribution in [0.5, 0.6) is 0 Å². The lowest BCUT2D eigenvalue weighted by molar-refractivity contribution is 0.289. The monoisotopic (exact) mass is 426 g/mol. The van der Waals surface area contributed by atoms with E-state index in [1.807, 2.05) is 11.8 Å². The highest BCUT2D eigenvalue weighted by atomic mass is 32.2. The van der Waals surface area contributed by atoms with Crippen molar-refractivity contribution in [1.82, 2.24) is 0 Å². The van der Waals surface area contributed by atoms with Crippen LogP contribution in [0, 0.1) is 0 Å². The number of thioether (sulfide) groups is 1. The molecule has 3 aromatic rings. The van der Waals surface area contributed by atoms with Crippen LogP contribution in [0.15, 0.2) is 95.9 Å². The summed E-state index contributed by atoms with van der Waals surface area (Å²) in [7, 11) is 2.14. The Labute approximate surface area is 188 Å². The average Bonchev–Trinajstić information content (AvgIpc) is 3.17. The summed E-state index contributed by atoms with van der Waals surface area (Å²) in [6.45, 7) is 1.05. The first kappa shape index (κ1) is 20.0. The van der Waals surface area contributed by atoms with Gasteiger partial charge in [-0.25, -0.2) is 0 Å². The molecule has 0 aromatic heterocycles. The van der Waals surface area contributed by atoms with Crippen LogP contribution >= 0.6 is 11.8 Å². The number of hydrogen-bond donors (Lipinski definition) is 1. The van der Waals surface area contributed by atoms with E-state index in [4.69, 9.17) is 0 Å². The Bertz CT molecular complexity index is 1140. The molecule has 31 heavy (non-hydrogen) atoms. The molecule has 0 radical (unpaired) electrons. The average molecular weight is 427 g/mol. The zero-order chi connectivity index (χ0) is 21.2. The van der Waals surface area contributed by atoms with E-state index >= 15 is 0 Å². The quantitative estimate of drug-likeness (QED) is 0.551. The lowest BCUT2D eigenvalue weighted by Crippen LogP contribution is -2.30. The molecule has 0 amide bonds. The van der Waals surface area contributed by atoms with Crippen LogP contribution in [-0.4, -0.2) is 30.7 Å². The molecule has 0 bridgehead atoms. The molecule has 0 saturated heterocycles. The molecule has 156 valence electrons. The topological polar surface area (TPSA) is 26.7 Å². The lowest BCUT2D eigenvalue weighted by atomic mass is 9.94. The van der Waals surface area contributed by atoms with E-state index in [1.165, 1.54) is 38.7 Å². The summed E-state index contributed by atoms with van der Waals surface area (Å²) < 4.78 is 0. The Morgan fingerprint density at radius 3 is 2.42 bits per heavy atom. The maximum absolute atomic E-state index is 9.44. The normalized spacial score (nSPS) is 18.7. The third kappa shape index (κ3) is 3.78. The number of hydrogen-bond acceptors (Lipinski definition) is 4. The number of nitrogens with zero attached hydrogens (tertiary/aromatic N) is 2. The maximum Gasteiger partial charge on any atom is 0.0991 e. The number of para-hydroxylation sites is 2. The minimum atomic E-state index is 0.198. The van der Waals surface area contributed by atoms with Crippen molar-refractivity contribution in [3.05, 3.63) is 102 Å². The largest absolute Gasteiger partial charge is 0.396 e. The summed E-state index contributed by atoms with van der Waals surface area (Å²) in [4.78, 5) is 6.00. The van der Waals surface area contributed by atoms with Crippen molar-refractivity contribution in [1.29, 1.82) is 0 Å². The fourth-order valence-electron chi connectivity index (χ4n) is 4.38. The highest BCUT2D eigenvalue weighted by Gasteiger charge is 2.29. The van der Waals surface area contributed by atoms with Crippen LogP contribution < -0.4 is 9.80 Å². The number of anilines is 2. The number of aliphatic hydroxyl groups is 1. The number of allylic oxidation sites excluding steroid dienone is 2. The molecule has 1 atom stereocenters. The van der Waals surface area contributed by atoms with E-state index in [0.29, 0.717) is 0 Å². The van der Waals surface area contributed by atoms with Crippen molar-refractivity contribution in [2.45, 2.75) is 16.7 Å². The molecular weight excluding hydrogens is 400 g/mol. The van der Waals surface area contributed by atoms with Gasteiger partial charge >= 0.3 is 0 Å². The third-order valence-electron chi connectivity index (χ3n) is 5.91. The predicted molar refractivity (Wildman–Crippen MR) is 132 cm³/mol. The third-order valence-corrected chi connectivity index (χ3v) is 7.14. The molecule has 2 aliphatic heterocycles. The van der Waals surface area contributed by atoms with Crippen molar-refractivity contribution < 1.29 is 5.11 Å². The Hall–Kier alpha value is -2.95. The van der Waals surface area contributed by atoms with Crippen molar-refractivity contribution in [3.63, 3.8) is 0 Å². The molecular formula is C27H26N2OS. The SMILES string of the molecule is CN1C(c2ccccc2)=CC(=CC2Sc3ccccc3N2CCCO)c2ccccc21. The van der Waals surface area contributed by atoms with E-state index in [0.717, 1.165) is 13.0 Å². The number of rotatable bonds is 5. The summed E-state index contributed by atoms with van der Waals surface area (Å²) in [6, 6.07) is 27.8. The van der Waals surface area contributed by atoms with Gasteiger partial charge in [0, 0.05) is 42.0 Å². The predicted octanol–water partition coefficient (Wildman–Crippen LogP) is 5.88. The molecule has 0 aliphatic carbocycles. The highest BCUT2D eigenvalue weighted by molar-refractivity contribution is 8.00. The molecule has 2 aliphatic rings. The van der Waals surface area contributed by atoms with Gasteiger partial charge in [-0.3, -0.25) is 0 Å². The molecule has 0 saturated carbocycles. The van der Waals surface area contributed by atoms with Crippen LogP contribution in [0.3, 0.4) is 0 Å². The summed E-state index contributed by atoms with van der Waals surface area (Å²) in [5, 5.41) is 9.64. The van der Waals surface area contributed by atoms with Crippen molar-refractivity contribution >= 4 is 34.4 Å². The van der Waals surface area contributed by atoms with Gasteiger partial charge in [0.05, 0.1) is 11.1 Å². The Balaban J connectivity index is 1.59. The smallest absolute Gasteiger partial charge is 0.0991 e. The van der Waals surface area contributed by atoms with E-state index in [2.05, 4.69) is 108 Å². The first-order valence-electron chi connectivity index (χ1n) is 10.7. The molecule has 1 unspecified atom stereocenters. The number of fused-ring (bicyclic) bond motifs is 2. The number of benzene rings is 3. The zero-order valence-corrected chi connectivity index (χ0v) is 18.4. The van der Waals surface area contributed by atoms with Crippen molar-refractivity contribution in [2.75, 3.05) is 30.0 Å². The minimum Gasteiger partial charge on any atom is -0.396 e. The summed E-state index contributed by atoms with van der Waals surface area (Å²) in [6.07, 6.45) is 5.46. The fraction of sp³-hybridized carbons (Fsp3) is 0.185. The van der Waals surface area contributed by atoms with Crippen molar-refractivity contribution in [3.8, 4) is 0 Å². The van der Waals surface area contributed by atoms with Gasteiger partial charge in [0.15, 0.2) is 0 Å². The molecule has 1 N–H and O–H groups in total. The molecule has 0 spiro atoms. The maximum atomic E-state index is 9.44. The van der Waals surface area contributed by atoms with Gasteiger partial charge in [0.2, 0.25) is 0 Å². The molecule has 4 heteroatoms. The van der Waals surface area contributed by atoms with E-state index in [-0.39, 0.29) is 12.0 Å². The standard InChI is InChI=1S/C27H26N2OS/c1-28-23-13-6-5-12-22(23)21(18-25(28)20-10-3-2-4-11-20)19-27-29(16-9-17-30)24-14-7-8-15-26(24)31-27/h2-8,10-15,18-19,27,30H,9,16-17H2,1H3. The zero-order valence-electron chi connectivity index (χ0n) is 17.6. The second-order valence-electron chi connectivity index (χ2n) is 7.84. The van der Waals surface area contributed by atoms with Crippen LogP contribution in [0.2, 0.25) is 0 Å². The van der Waals surface area contributed by atoms with E-state index in [1.54, 1.807) is 0 Å².